The van der Waals surface area contributed by atoms with Crippen molar-refractivity contribution in [1.29, 1.82) is 0 Å². The maximum atomic E-state index is 14.8. The van der Waals surface area contributed by atoms with Gasteiger partial charge in [-0.2, -0.15) is 5.43 Å². The number of hydrazine groups is 1. The molecule has 3 rings (SSSR count). The highest BCUT2D eigenvalue weighted by Gasteiger charge is 2.53. The minimum absolute atomic E-state index is 0.0507. The van der Waals surface area contributed by atoms with Gasteiger partial charge in [0.25, 0.3) is 18.1 Å². The highest BCUT2D eigenvalue weighted by atomic mass is 19.3. The standard InChI is InChI=1S/C19H23F4N3O/c1-11(2)15-7-4-13(20)8-12(15)9-26(14-5-6-14)17(27)16-10-25(3)24-19(16,23)18(21)22/h4,7-8,10-11,14,18,24H,5-6,9H2,1-3H3. The summed E-state index contributed by atoms with van der Waals surface area (Å²) in [5.41, 5.74) is 2.83. The molecule has 148 valence electrons. The number of alkyl halides is 3. The Bertz CT molecular complexity index is 763. The lowest BCUT2D eigenvalue weighted by molar-refractivity contribution is -0.132. The number of amides is 1. The zero-order valence-corrected chi connectivity index (χ0v) is 15.5. The predicted octanol–water partition coefficient (Wildman–Crippen LogP) is 3.70. The third-order valence-corrected chi connectivity index (χ3v) is 4.90. The molecule has 0 saturated heterocycles. The van der Waals surface area contributed by atoms with Crippen molar-refractivity contribution >= 4 is 5.91 Å². The van der Waals surface area contributed by atoms with Gasteiger partial charge < -0.3 is 9.91 Å². The van der Waals surface area contributed by atoms with Gasteiger partial charge in [0.2, 0.25) is 0 Å². The van der Waals surface area contributed by atoms with E-state index in [0.29, 0.717) is 18.4 Å². The van der Waals surface area contributed by atoms with Crippen molar-refractivity contribution in [2.24, 2.45) is 0 Å². The molecule has 1 amide bonds. The molecule has 0 bridgehead atoms. The SMILES string of the molecule is CC(C)c1ccc(F)cc1CN(C(=O)C1=CN(C)NC1(F)C(F)F)C1CC1. The molecule has 1 heterocycles. The van der Waals surface area contributed by atoms with Crippen LogP contribution in [0.5, 0.6) is 0 Å². The first kappa shape index (κ1) is 19.7. The van der Waals surface area contributed by atoms with Gasteiger partial charge in [-0.1, -0.05) is 19.9 Å². The molecule has 0 radical (unpaired) electrons. The van der Waals surface area contributed by atoms with Gasteiger partial charge in [0, 0.05) is 25.8 Å². The molecule has 1 saturated carbocycles. The summed E-state index contributed by atoms with van der Waals surface area (Å²) in [4.78, 5) is 14.4. The van der Waals surface area contributed by atoms with Crippen molar-refractivity contribution in [3.63, 3.8) is 0 Å². The molecule has 4 nitrogen and oxygen atoms in total. The number of nitrogens with zero attached hydrogens (tertiary/aromatic N) is 2. The van der Waals surface area contributed by atoms with Gasteiger partial charge in [-0.15, -0.1) is 0 Å². The largest absolute Gasteiger partial charge is 0.331 e. The number of hydrogen-bond donors (Lipinski definition) is 1. The van der Waals surface area contributed by atoms with E-state index in [1.54, 1.807) is 6.07 Å². The number of halogens is 4. The number of carbonyl (C=O) groups excluding carboxylic acids is 1. The third kappa shape index (κ3) is 3.81. The lowest BCUT2D eigenvalue weighted by Gasteiger charge is -2.29. The predicted molar refractivity (Wildman–Crippen MR) is 92.9 cm³/mol. The minimum atomic E-state index is -3.40. The van der Waals surface area contributed by atoms with E-state index in [1.165, 1.54) is 24.1 Å². The Kier molecular flexibility index (Phi) is 5.20. The normalized spacial score (nSPS) is 22.6. The van der Waals surface area contributed by atoms with Crippen LogP contribution in [0.25, 0.3) is 0 Å². The lowest BCUT2D eigenvalue weighted by Crippen LogP contribution is -2.52. The maximum absolute atomic E-state index is 14.8. The van der Waals surface area contributed by atoms with Crippen molar-refractivity contribution in [1.82, 2.24) is 15.3 Å². The summed E-state index contributed by atoms with van der Waals surface area (Å²) in [6.45, 7) is 3.94. The average Bonchev–Trinajstić information content (AvgIpc) is 3.36. The molecular weight excluding hydrogens is 362 g/mol. The minimum Gasteiger partial charge on any atom is -0.331 e. The van der Waals surface area contributed by atoms with Crippen LogP contribution in [-0.4, -0.2) is 41.1 Å². The van der Waals surface area contributed by atoms with Crippen LogP contribution in [-0.2, 0) is 11.3 Å². The fourth-order valence-corrected chi connectivity index (χ4v) is 3.38. The van der Waals surface area contributed by atoms with Crippen LogP contribution in [0.1, 0.15) is 43.7 Å². The average molecular weight is 385 g/mol. The molecule has 1 aliphatic carbocycles. The van der Waals surface area contributed by atoms with Crippen LogP contribution in [0.15, 0.2) is 30.0 Å². The summed E-state index contributed by atoms with van der Waals surface area (Å²) >= 11 is 0. The van der Waals surface area contributed by atoms with Crippen molar-refractivity contribution in [2.75, 3.05) is 7.05 Å². The molecule has 1 atom stereocenters. The van der Waals surface area contributed by atoms with E-state index in [1.807, 2.05) is 19.3 Å². The van der Waals surface area contributed by atoms with Gasteiger partial charge in [-0.05, 0) is 42.0 Å². The summed E-state index contributed by atoms with van der Waals surface area (Å²) in [5.74, 6) is -4.37. The van der Waals surface area contributed by atoms with Crippen LogP contribution in [0.4, 0.5) is 17.6 Å². The second-order valence-corrected chi connectivity index (χ2v) is 7.44. The van der Waals surface area contributed by atoms with E-state index < -0.39 is 29.5 Å². The summed E-state index contributed by atoms with van der Waals surface area (Å²) in [7, 11) is 1.35. The monoisotopic (exact) mass is 385 g/mol. The van der Waals surface area contributed by atoms with Crippen LogP contribution in [0, 0.1) is 5.82 Å². The van der Waals surface area contributed by atoms with Crippen LogP contribution >= 0.6 is 0 Å². The quantitative estimate of drug-likeness (QED) is 0.599. The summed E-state index contributed by atoms with van der Waals surface area (Å²) < 4.78 is 55.2. The van der Waals surface area contributed by atoms with Gasteiger partial charge in [-0.25, -0.2) is 17.6 Å². The molecule has 8 heteroatoms. The molecule has 1 unspecified atom stereocenters. The number of benzene rings is 1. The Balaban J connectivity index is 1.93. The van der Waals surface area contributed by atoms with E-state index in [0.717, 1.165) is 16.8 Å². The van der Waals surface area contributed by atoms with Crippen molar-refractivity contribution in [3.8, 4) is 0 Å². The Hall–Kier alpha value is -2.09. The van der Waals surface area contributed by atoms with Crippen molar-refractivity contribution in [2.45, 2.75) is 57.4 Å². The maximum Gasteiger partial charge on any atom is 0.291 e. The van der Waals surface area contributed by atoms with Gasteiger partial charge in [0.15, 0.2) is 0 Å². The zero-order valence-electron chi connectivity index (χ0n) is 15.5. The van der Waals surface area contributed by atoms with E-state index in [2.05, 4.69) is 0 Å². The number of hydrogen-bond acceptors (Lipinski definition) is 3. The molecule has 27 heavy (non-hydrogen) atoms. The Morgan fingerprint density at radius 2 is 2.04 bits per heavy atom. The van der Waals surface area contributed by atoms with Crippen LogP contribution < -0.4 is 5.43 Å². The van der Waals surface area contributed by atoms with Gasteiger partial charge in [0.1, 0.15) is 5.82 Å². The first-order chi connectivity index (χ1) is 12.6. The summed E-state index contributed by atoms with van der Waals surface area (Å²) in [6, 6.07) is 4.20. The highest BCUT2D eigenvalue weighted by molar-refractivity contribution is 5.96. The molecular formula is C19H23F4N3O. The fourth-order valence-electron chi connectivity index (χ4n) is 3.38. The van der Waals surface area contributed by atoms with Gasteiger partial charge >= 0.3 is 0 Å². The zero-order chi connectivity index (χ0) is 19.9. The number of nitrogens with one attached hydrogen (secondary N) is 1. The van der Waals surface area contributed by atoms with Gasteiger partial charge in [-0.3, -0.25) is 4.79 Å². The summed E-state index contributed by atoms with van der Waals surface area (Å²) in [6.07, 6.45) is -0.927. The van der Waals surface area contributed by atoms with Crippen molar-refractivity contribution < 1.29 is 22.4 Å². The molecule has 1 aromatic carbocycles. The van der Waals surface area contributed by atoms with E-state index in [4.69, 9.17) is 0 Å². The summed E-state index contributed by atoms with van der Waals surface area (Å²) in [5, 5.41) is 1.02. The van der Waals surface area contributed by atoms with Crippen molar-refractivity contribution in [3.05, 3.63) is 46.9 Å². The Morgan fingerprint density at radius 1 is 1.37 bits per heavy atom. The van der Waals surface area contributed by atoms with Crippen LogP contribution in [0.2, 0.25) is 0 Å². The third-order valence-electron chi connectivity index (χ3n) is 4.90. The highest BCUT2D eigenvalue weighted by Crippen LogP contribution is 2.37. The molecule has 1 N–H and O–H groups in total. The van der Waals surface area contributed by atoms with E-state index in [9.17, 15) is 22.4 Å². The molecule has 0 spiro atoms. The molecule has 1 aromatic rings. The Labute approximate surface area is 155 Å². The first-order valence-corrected chi connectivity index (χ1v) is 8.92. The topological polar surface area (TPSA) is 35.6 Å². The van der Waals surface area contributed by atoms with E-state index >= 15 is 0 Å². The molecule has 2 aliphatic rings. The van der Waals surface area contributed by atoms with Crippen LogP contribution in [0.3, 0.4) is 0 Å². The van der Waals surface area contributed by atoms with E-state index in [-0.39, 0.29) is 18.5 Å². The molecule has 0 aromatic heterocycles. The second-order valence-electron chi connectivity index (χ2n) is 7.44. The molecule has 1 fully saturated rings. The smallest absolute Gasteiger partial charge is 0.291 e. The molecule has 1 aliphatic heterocycles. The van der Waals surface area contributed by atoms with Gasteiger partial charge in [0.05, 0.1) is 5.57 Å². The first-order valence-electron chi connectivity index (χ1n) is 8.92. The number of carbonyl (C=O) groups is 1. The fraction of sp³-hybridized carbons (Fsp3) is 0.526. The number of rotatable bonds is 6. The second kappa shape index (κ2) is 7.14. The Morgan fingerprint density at radius 3 is 2.59 bits per heavy atom. The lowest BCUT2D eigenvalue weighted by atomic mass is 9.96.